The SMILES string of the molecule is CC/C=C\C/C=C\C/C=C\C/C=C\CCCCCCC(=O)OCC(COP(=O)(O)OCC(O)COP(=O)(O)OCC(COC(=O)CCCCCCCC/C=C\C/C=C\C/C=C\CCCCC)OC(=O)CCCCCCC/C=C\CCCCCC)OC(=O)CCCCCC/C=C\C/C=C\C/C=C\C/C=C\CC. The van der Waals surface area contributed by atoms with Crippen molar-refractivity contribution >= 4 is 39.5 Å². The minimum absolute atomic E-state index is 0.0567. The Morgan fingerprint density at radius 3 is 0.783 bits per heavy atom. The molecule has 5 unspecified atom stereocenters. The molecular weight excluding hydrogens is 1380 g/mol. The number of hydrogen-bond acceptors (Lipinski definition) is 15. The van der Waals surface area contributed by atoms with Crippen LogP contribution < -0.4 is 0 Å². The van der Waals surface area contributed by atoms with Gasteiger partial charge < -0.3 is 33.8 Å². The second-order valence-corrected chi connectivity index (χ2v) is 29.8. The van der Waals surface area contributed by atoms with Crippen molar-refractivity contribution in [3.8, 4) is 0 Å². The van der Waals surface area contributed by atoms with E-state index in [9.17, 15) is 43.2 Å². The Morgan fingerprint density at radius 1 is 0.274 bits per heavy atom. The summed E-state index contributed by atoms with van der Waals surface area (Å²) in [5.74, 6) is -2.25. The first-order valence-corrected chi connectivity index (χ1v) is 44.1. The molecule has 0 aliphatic rings. The molecule has 0 radical (unpaired) electrons. The number of carbonyl (C=O) groups is 4. The van der Waals surface area contributed by atoms with E-state index in [0.29, 0.717) is 25.7 Å². The summed E-state index contributed by atoms with van der Waals surface area (Å²) in [5, 5.41) is 10.7. The number of rotatable bonds is 76. The second-order valence-electron chi connectivity index (χ2n) is 26.9. The van der Waals surface area contributed by atoms with E-state index in [2.05, 4.69) is 174 Å². The van der Waals surface area contributed by atoms with E-state index in [1.165, 1.54) is 44.9 Å². The number of aliphatic hydroxyl groups excluding tert-OH is 1. The topological polar surface area (TPSA) is 237 Å². The number of allylic oxidation sites excluding steroid dienone is 24. The van der Waals surface area contributed by atoms with Gasteiger partial charge in [-0.05, 0) is 167 Å². The van der Waals surface area contributed by atoms with E-state index in [1.54, 1.807) is 0 Å². The molecule has 0 aromatic carbocycles. The van der Waals surface area contributed by atoms with E-state index in [1.807, 2.05) is 0 Å². The molecule has 0 saturated carbocycles. The van der Waals surface area contributed by atoms with E-state index in [4.69, 9.17) is 37.0 Å². The minimum Gasteiger partial charge on any atom is -0.462 e. The molecule has 0 aliphatic carbocycles. The van der Waals surface area contributed by atoms with Gasteiger partial charge >= 0.3 is 39.5 Å². The summed E-state index contributed by atoms with van der Waals surface area (Å²) in [6, 6.07) is 0. The van der Waals surface area contributed by atoms with Gasteiger partial charge in [-0.1, -0.05) is 276 Å². The highest BCUT2D eigenvalue weighted by molar-refractivity contribution is 7.47. The van der Waals surface area contributed by atoms with Gasteiger partial charge in [0.2, 0.25) is 0 Å². The van der Waals surface area contributed by atoms with Crippen molar-refractivity contribution in [2.45, 2.75) is 341 Å². The van der Waals surface area contributed by atoms with Crippen molar-refractivity contribution < 1.29 is 80.2 Å². The quantitative estimate of drug-likeness (QED) is 0.0169. The zero-order valence-electron chi connectivity index (χ0n) is 66.3. The highest BCUT2D eigenvalue weighted by Gasteiger charge is 2.30. The first-order chi connectivity index (χ1) is 51.7. The lowest BCUT2D eigenvalue weighted by atomic mass is 10.1. The van der Waals surface area contributed by atoms with Crippen molar-refractivity contribution in [2.75, 3.05) is 39.6 Å². The maximum absolute atomic E-state index is 13.1. The van der Waals surface area contributed by atoms with Crippen molar-refractivity contribution in [1.29, 1.82) is 0 Å². The molecule has 0 heterocycles. The lowest BCUT2D eigenvalue weighted by Crippen LogP contribution is -2.30. The predicted octanol–water partition coefficient (Wildman–Crippen LogP) is 24.2. The number of hydrogen-bond donors (Lipinski definition) is 3. The Hall–Kier alpha value is -5.06. The van der Waals surface area contributed by atoms with Crippen LogP contribution in [0.2, 0.25) is 0 Å². The van der Waals surface area contributed by atoms with Crippen LogP contribution in [0.1, 0.15) is 323 Å². The third kappa shape index (κ3) is 77.1. The molecule has 0 rings (SSSR count). The van der Waals surface area contributed by atoms with Crippen LogP contribution in [0, 0.1) is 0 Å². The summed E-state index contributed by atoms with van der Waals surface area (Å²) in [5.41, 5.74) is 0. The first kappa shape index (κ1) is 101. The predicted molar refractivity (Wildman–Crippen MR) is 436 cm³/mol. The molecule has 0 amide bonds. The summed E-state index contributed by atoms with van der Waals surface area (Å²) in [6.45, 7) is 4.54. The highest BCUT2D eigenvalue weighted by atomic mass is 31.2. The summed E-state index contributed by atoms with van der Waals surface area (Å²) < 4.78 is 68.6. The molecule has 606 valence electrons. The maximum atomic E-state index is 13.1. The van der Waals surface area contributed by atoms with Crippen molar-refractivity contribution in [3.63, 3.8) is 0 Å². The van der Waals surface area contributed by atoms with Crippen molar-refractivity contribution in [3.05, 3.63) is 146 Å². The third-order valence-corrected chi connectivity index (χ3v) is 18.7. The number of carbonyl (C=O) groups excluding carboxylic acids is 4. The molecular formula is C87H146O17P2. The number of phosphoric ester groups is 2. The highest BCUT2D eigenvalue weighted by Crippen LogP contribution is 2.45. The maximum Gasteiger partial charge on any atom is 0.472 e. The molecule has 17 nitrogen and oxygen atoms in total. The first-order valence-electron chi connectivity index (χ1n) is 41.1. The summed E-state index contributed by atoms with van der Waals surface area (Å²) in [6.07, 6.45) is 89.6. The van der Waals surface area contributed by atoms with E-state index >= 15 is 0 Å². The molecule has 106 heavy (non-hydrogen) atoms. The van der Waals surface area contributed by atoms with Crippen LogP contribution in [0.15, 0.2) is 146 Å². The molecule has 5 atom stereocenters. The van der Waals surface area contributed by atoms with Gasteiger partial charge in [-0.2, -0.15) is 0 Å². The smallest absolute Gasteiger partial charge is 0.462 e. The number of esters is 4. The molecule has 0 saturated heterocycles. The largest absolute Gasteiger partial charge is 0.472 e. The molecule has 0 aliphatic heterocycles. The Bertz CT molecular complexity index is 2580. The number of phosphoric acid groups is 2. The summed E-state index contributed by atoms with van der Waals surface area (Å²) >= 11 is 0. The van der Waals surface area contributed by atoms with Gasteiger partial charge in [0.25, 0.3) is 0 Å². The number of unbranched alkanes of at least 4 members (excludes halogenated alkanes) is 26. The Balaban J connectivity index is 5.42. The lowest BCUT2D eigenvalue weighted by Gasteiger charge is -2.21. The average Bonchev–Trinajstić information content (AvgIpc) is 0.902. The van der Waals surface area contributed by atoms with E-state index in [-0.39, 0.29) is 25.7 Å². The van der Waals surface area contributed by atoms with Crippen LogP contribution in [0.25, 0.3) is 0 Å². The Morgan fingerprint density at radius 2 is 0.491 bits per heavy atom. The Kier molecular flexibility index (Phi) is 74.3. The monoisotopic (exact) mass is 1530 g/mol. The van der Waals surface area contributed by atoms with Gasteiger partial charge in [0, 0.05) is 25.7 Å². The standard InChI is InChI=1S/C87H146O17P2/c1-5-9-13-17-21-25-29-33-36-39-40-43-45-49-52-56-60-64-68-72-85(90)97-77-82(103-86(91)73-69-65-61-57-53-47-32-28-24-20-16-12-8-4)79-101-105(93,94)99-75-81(88)76-100-106(95,96)102-80-83(104-87(92)74-70-66-62-58-54-50-46-42-38-35-31-27-23-19-15-11-7-3)78-98-84(89)71-67-63-59-55-51-48-44-41-37-34-30-26-22-18-14-10-6-2/h10-11,14-15,21-23,25-28,32-38,40,43-44,46,48,50,81-83,88H,5-9,12-13,16-20,24,29-31,39,41-42,45,47,49,51-80H2,1-4H3,(H,93,94)(H,95,96)/b14-10-,15-11-,25-21-,26-22-,27-23-,32-28-,36-33-,37-34-,38-35-,43-40-,48-44-,50-46-. The molecule has 0 aromatic heterocycles. The second kappa shape index (κ2) is 78.1. The van der Waals surface area contributed by atoms with Gasteiger partial charge in [-0.15, -0.1) is 0 Å². The third-order valence-electron chi connectivity index (χ3n) is 16.8. The average molecular weight is 1530 g/mol. The van der Waals surface area contributed by atoms with E-state index in [0.717, 1.165) is 199 Å². The zero-order valence-corrected chi connectivity index (χ0v) is 68.1. The zero-order chi connectivity index (χ0) is 77.4. The van der Waals surface area contributed by atoms with Gasteiger partial charge in [0.1, 0.15) is 19.3 Å². The van der Waals surface area contributed by atoms with Gasteiger partial charge in [-0.3, -0.25) is 37.3 Å². The van der Waals surface area contributed by atoms with Crippen molar-refractivity contribution in [2.24, 2.45) is 0 Å². The van der Waals surface area contributed by atoms with Gasteiger partial charge in [0.05, 0.1) is 26.4 Å². The number of aliphatic hydroxyl groups is 1. The molecule has 0 bridgehead atoms. The molecule has 0 fully saturated rings. The van der Waals surface area contributed by atoms with Crippen LogP contribution in [0.5, 0.6) is 0 Å². The Labute approximate surface area is 643 Å². The molecule has 0 spiro atoms. The van der Waals surface area contributed by atoms with E-state index < -0.39 is 97.5 Å². The fraction of sp³-hybridized carbons (Fsp3) is 0.678. The normalized spacial score (nSPS) is 14.6. The summed E-state index contributed by atoms with van der Waals surface area (Å²) in [4.78, 5) is 73.1. The molecule has 3 N–H and O–H groups in total. The van der Waals surface area contributed by atoms with Crippen LogP contribution in [0.4, 0.5) is 0 Å². The lowest BCUT2D eigenvalue weighted by molar-refractivity contribution is -0.161. The fourth-order valence-electron chi connectivity index (χ4n) is 10.6. The molecule has 19 heteroatoms. The van der Waals surface area contributed by atoms with Gasteiger partial charge in [0.15, 0.2) is 12.2 Å². The molecule has 0 aromatic rings. The number of ether oxygens (including phenoxy) is 4. The van der Waals surface area contributed by atoms with Gasteiger partial charge in [-0.25, -0.2) is 9.13 Å². The van der Waals surface area contributed by atoms with Crippen molar-refractivity contribution in [1.82, 2.24) is 0 Å². The van der Waals surface area contributed by atoms with Crippen LogP contribution in [-0.4, -0.2) is 96.7 Å². The summed E-state index contributed by atoms with van der Waals surface area (Å²) in [7, 11) is -9.99. The minimum atomic E-state index is -5.00. The van der Waals surface area contributed by atoms with Crippen LogP contribution in [-0.2, 0) is 65.4 Å². The van der Waals surface area contributed by atoms with Crippen LogP contribution >= 0.6 is 15.6 Å². The van der Waals surface area contributed by atoms with Crippen LogP contribution in [0.3, 0.4) is 0 Å². The fourth-order valence-corrected chi connectivity index (χ4v) is 12.1.